The molecule has 1 rings (SSSR count). The van der Waals surface area contributed by atoms with Gasteiger partial charge in [0, 0.05) is 39.8 Å². The highest BCUT2D eigenvalue weighted by Crippen LogP contribution is 2.05. The summed E-state index contributed by atoms with van der Waals surface area (Å²) >= 11 is 0. The van der Waals surface area contributed by atoms with Crippen molar-refractivity contribution < 1.29 is 9.53 Å². The Morgan fingerprint density at radius 3 is 2.77 bits per heavy atom. The molecular formula is C8H17N3O2. The third-order valence-corrected chi connectivity index (χ3v) is 2.14. The highest BCUT2D eigenvalue weighted by atomic mass is 16.5. The van der Waals surface area contributed by atoms with E-state index >= 15 is 0 Å². The summed E-state index contributed by atoms with van der Waals surface area (Å²) in [5.74, 6) is 0. The van der Waals surface area contributed by atoms with Gasteiger partial charge in [-0.3, -0.25) is 0 Å². The van der Waals surface area contributed by atoms with Crippen LogP contribution in [-0.2, 0) is 4.74 Å². The van der Waals surface area contributed by atoms with Gasteiger partial charge in [-0.1, -0.05) is 0 Å². The number of rotatable bonds is 4. The van der Waals surface area contributed by atoms with Crippen LogP contribution in [0.15, 0.2) is 0 Å². The number of hydrogen-bond donors (Lipinski definition) is 1. The first-order valence-corrected chi connectivity index (χ1v) is 4.39. The van der Waals surface area contributed by atoms with Crippen molar-refractivity contribution in [3.05, 3.63) is 0 Å². The zero-order chi connectivity index (χ0) is 9.84. The largest absolute Gasteiger partial charge is 0.383 e. The molecule has 1 heterocycles. The molecule has 1 aliphatic rings. The van der Waals surface area contributed by atoms with Gasteiger partial charge in [0.05, 0.1) is 6.61 Å². The fraction of sp³-hybridized carbons (Fsp3) is 0.875. The Labute approximate surface area is 78.4 Å². The lowest BCUT2D eigenvalue weighted by Crippen LogP contribution is -2.41. The Kier molecular flexibility index (Phi) is 3.50. The van der Waals surface area contributed by atoms with Crippen LogP contribution in [0.1, 0.15) is 0 Å². The van der Waals surface area contributed by atoms with Crippen LogP contribution in [0.4, 0.5) is 4.79 Å². The molecule has 1 unspecified atom stereocenters. The number of nitrogens with zero attached hydrogens (tertiary/aromatic N) is 2. The summed E-state index contributed by atoms with van der Waals surface area (Å²) < 4.78 is 4.90. The van der Waals surface area contributed by atoms with Gasteiger partial charge < -0.3 is 20.3 Å². The lowest BCUT2D eigenvalue weighted by molar-refractivity contribution is 0.158. The second kappa shape index (κ2) is 4.43. The number of methoxy groups -OCH3 is 1. The van der Waals surface area contributed by atoms with Gasteiger partial charge in [-0.05, 0) is 0 Å². The first kappa shape index (κ1) is 10.3. The Bertz CT molecular complexity index is 186. The van der Waals surface area contributed by atoms with Crippen LogP contribution in [0.5, 0.6) is 0 Å². The summed E-state index contributed by atoms with van der Waals surface area (Å²) in [7, 11) is 3.40. The maximum Gasteiger partial charge on any atom is 0.319 e. The van der Waals surface area contributed by atoms with Gasteiger partial charge in [-0.2, -0.15) is 0 Å². The van der Waals surface area contributed by atoms with Gasteiger partial charge >= 0.3 is 6.03 Å². The average molecular weight is 187 g/mol. The van der Waals surface area contributed by atoms with Crippen LogP contribution >= 0.6 is 0 Å². The van der Waals surface area contributed by atoms with Crippen LogP contribution in [0.2, 0.25) is 0 Å². The standard InChI is InChI=1S/C8H17N3O2/c1-10-3-4-11(8(10)12)5-7(9)6-13-2/h7H,3-6,9H2,1-2H3. The summed E-state index contributed by atoms with van der Waals surface area (Å²) in [6, 6.07) is -0.0213. The molecule has 76 valence electrons. The van der Waals surface area contributed by atoms with E-state index in [0.29, 0.717) is 13.2 Å². The first-order chi connectivity index (χ1) is 6.15. The van der Waals surface area contributed by atoms with Crippen LogP contribution in [0.25, 0.3) is 0 Å². The van der Waals surface area contributed by atoms with E-state index in [0.717, 1.165) is 13.1 Å². The Hall–Kier alpha value is -0.810. The van der Waals surface area contributed by atoms with Gasteiger partial charge in [0.15, 0.2) is 0 Å². The summed E-state index contributed by atoms with van der Waals surface area (Å²) in [6.07, 6.45) is 0. The van der Waals surface area contributed by atoms with E-state index in [1.807, 2.05) is 0 Å². The summed E-state index contributed by atoms with van der Waals surface area (Å²) in [6.45, 7) is 2.63. The maximum atomic E-state index is 11.4. The van der Waals surface area contributed by atoms with Crippen molar-refractivity contribution in [1.29, 1.82) is 0 Å². The zero-order valence-electron chi connectivity index (χ0n) is 8.19. The summed E-state index contributed by atoms with van der Waals surface area (Å²) in [5.41, 5.74) is 5.73. The minimum absolute atomic E-state index is 0.0616. The van der Waals surface area contributed by atoms with E-state index in [4.69, 9.17) is 10.5 Å². The van der Waals surface area contributed by atoms with Gasteiger partial charge in [0.1, 0.15) is 0 Å². The smallest absolute Gasteiger partial charge is 0.319 e. The van der Waals surface area contributed by atoms with Crippen molar-refractivity contribution in [3.8, 4) is 0 Å². The monoisotopic (exact) mass is 187 g/mol. The van der Waals surface area contributed by atoms with E-state index in [1.165, 1.54) is 0 Å². The summed E-state index contributed by atoms with van der Waals surface area (Å²) in [5, 5.41) is 0. The van der Waals surface area contributed by atoms with Crippen molar-refractivity contribution in [2.24, 2.45) is 5.73 Å². The molecule has 0 aromatic carbocycles. The Morgan fingerprint density at radius 1 is 1.62 bits per heavy atom. The molecule has 5 nitrogen and oxygen atoms in total. The van der Waals surface area contributed by atoms with Gasteiger partial charge in [-0.15, -0.1) is 0 Å². The predicted molar refractivity (Wildman–Crippen MR) is 49.5 cm³/mol. The second-order valence-electron chi connectivity index (χ2n) is 3.37. The van der Waals surface area contributed by atoms with Crippen molar-refractivity contribution in [2.45, 2.75) is 6.04 Å². The third-order valence-electron chi connectivity index (χ3n) is 2.14. The number of nitrogens with two attached hydrogens (primary N) is 1. The lowest BCUT2D eigenvalue weighted by Gasteiger charge is -2.19. The first-order valence-electron chi connectivity index (χ1n) is 4.39. The van der Waals surface area contributed by atoms with E-state index in [1.54, 1.807) is 24.0 Å². The molecule has 1 aliphatic heterocycles. The van der Waals surface area contributed by atoms with Crippen molar-refractivity contribution in [1.82, 2.24) is 9.80 Å². The molecule has 0 aromatic rings. The van der Waals surface area contributed by atoms with E-state index in [2.05, 4.69) is 0 Å². The minimum atomic E-state index is -0.0829. The number of likely N-dealkylation sites (N-methyl/N-ethyl adjacent to an activating group) is 1. The molecule has 0 bridgehead atoms. The Morgan fingerprint density at radius 2 is 2.31 bits per heavy atom. The molecule has 13 heavy (non-hydrogen) atoms. The molecule has 0 aliphatic carbocycles. The van der Waals surface area contributed by atoms with Crippen LogP contribution in [0, 0.1) is 0 Å². The number of carbonyl (C=O) groups is 1. The van der Waals surface area contributed by atoms with Crippen molar-refractivity contribution in [3.63, 3.8) is 0 Å². The third kappa shape index (κ3) is 2.57. The SMILES string of the molecule is COCC(N)CN1CCN(C)C1=O. The fourth-order valence-electron chi connectivity index (χ4n) is 1.42. The lowest BCUT2D eigenvalue weighted by atomic mass is 10.3. The zero-order valence-corrected chi connectivity index (χ0v) is 8.19. The molecule has 5 heteroatoms. The molecule has 0 spiro atoms. The summed E-state index contributed by atoms with van der Waals surface area (Å²) in [4.78, 5) is 14.8. The van der Waals surface area contributed by atoms with Gasteiger partial charge in [-0.25, -0.2) is 4.79 Å². The average Bonchev–Trinajstić information content (AvgIpc) is 2.37. The molecule has 0 radical (unpaired) electrons. The molecular weight excluding hydrogens is 170 g/mol. The number of urea groups is 1. The molecule has 0 aromatic heterocycles. The maximum absolute atomic E-state index is 11.4. The van der Waals surface area contributed by atoms with Crippen molar-refractivity contribution in [2.75, 3.05) is 40.4 Å². The van der Waals surface area contributed by atoms with E-state index in [-0.39, 0.29) is 12.1 Å². The number of ether oxygens (including phenoxy) is 1. The quantitative estimate of drug-likeness (QED) is 0.635. The molecule has 1 atom stereocenters. The van der Waals surface area contributed by atoms with E-state index in [9.17, 15) is 4.79 Å². The minimum Gasteiger partial charge on any atom is -0.383 e. The molecule has 0 saturated carbocycles. The molecule has 2 amide bonds. The van der Waals surface area contributed by atoms with Crippen molar-refractivity contribution >= 4 is 6.03 Å². The number of hydrogen-bond acceptors (Lipinski definition) is 3. The Balaban J connectivity index is 2.33. The van der Waals surface area contributed by atoms with Gasteiger partial charge in [0.2, 0.25) is 0 Å². The predicted octanol–water partition coefficient (Wildman–Crippen LogP) is -0.672. The number of carbonyl (C=O) groups excluding carboxylic acids is 1. The highest BCUT2D eigenvalue weighted by molar-refractivity contribution is 5.76. The van der Waals surface area contributed by atoms with Crippen LogP contribution in [-0.4, -0.2) is 62.3 Å². The van der Waals surface area contributed by atoms with Gasteiger partial charge in [0.25, 0.3) is 0 Å². The van der Waals surface area contributed by atoms with Crippen LogP contribution < -0.4 is 5.73 Å². The van der Waals surface area contributed by atoms with E-state index < -0.39 is 0 Å². The normalized spacial score (nSPS) is 19.8. The van der Waals surface area contributed by atoms with Crippen LogP contribution in [0.3, 0.4) is 0 Å². The number of amides is 2. The topological polar surface area (TPSA) is 58.8 Å². The highest BCUT2D eigenvalue weighted by Gasteiger charge is 2.26. The second-order valence-corrected chi connectivity index (χ2v) is 3.37. The fourth-order valence-corrected chi connectivity index (χ4v) is 1.42. The molecule has 1 saturated heterocycles. The molecule has 1 fully saturated rings. The molecule has 2 N–H and O–H groups in total.